The number of nitrogens with zero attached hydrogens (tertiary/aromatic N) is 4. The van der Waals surface area contributed by atoms with Crippen molar-refractivity contribution in [3.63, 3.8) is 0 Å². The maximum absolute atomic E-state index is 6.06. The minimum Gasteiger partial charge on any atom is -0.370 e. The van der Waals surface area contributed by atoms with Gasteiger partial charge in [-0.1, -0.05) is 37.3 Å². The number of guanidine groups is 1. The third-order valence-corrected chi connectivity index (χ3v) is 5.83. The third-order valence-electron chi connectivity index (χ3n) is 5.83. The van der Waals surface area contributed by atoms with Crippen molar-refractivity contribution in [2.24, 2.45) is 10.7 Å². The number of hydrogen-bond donors (Lipinski definition) is 2. The Balaban J connectivity index is 1.29. The molecule has 150 valence electrons. The quantitative estimate of drug-likeness (QED) is 0.530. The summed E-state index contributed by atoms with van der Waals surface area (Å²) >= 11 is 0. The maximum Gasteiger partial charge on any atom is 0.188 e. The Kier molecular flexibility index (Phi) is 7.93. The molecule has 2 fully saturated rings. The van der Waals surface area contributed by atoms with Crippen LogP contribution >= 0.6 is 0 Å². The van der Waals surface area contributed by atoms with Crippen LogP contribution in [0.4, 0.5) is 0 Å². The summed E-state index contributed by atoms with van der Waals surface area (Å²) < 4.78 is 0. The average molecular weight is 373 g/mol. The molecule has 1 aromatic rings. The number of nitrogens with two attached hydrogens (primary N) is 1. The van der Waals surface area contributed by atoms with E-state index in [0.29, 0.717) is 12.0 Å². The molecule has 1 unspecified atom stereocenters. The Morgan fingerprint density at radius 2 is 1.85 bits per heavy atom. The second kappa shape index (κ2) is 10.6. The minimum atomic E-state index is 0.577. The summed E-state index contributed by atoms with van der Waals surface area (Å²) in [7, 11) is 0. The number of piperazine rings is 1. The molecular formula is C21H36N6. The summed E-state index contributed by atoms with van der Waals surface area (Å²) in [6.45, 7) is 12.8. The molecule has 0 radical (unpaired) electrons. The number of hydrogen-bond acceptors (Lipinski definition) is 4. The van der Waals surface area contributed by atoms with Gasteiger partial charge in [-0.25, -0.2) is 0 Å². The number of benzene rings is 1. The summed E-state index contributed by atoms with van der Waals surface area (Å²) in [6.07, 6.45) is 2.54. The first-order chi connectivity index (χ1) is 13.2. The van der Waals surface area contributed by atoms with Crippen LogP contribution in [0.3, 0.4) is 0 Å². The van der Waals surface area contributed by atoms with Crippen LogP contribution in [0.5, 0.6) is 0 Å². The number of likely N-dealkylation sites (tertiary alicyclic amines) is 1. The van der Waals surface area contributed by atoms with E-state index in [0.717, 1.165) is 58.9 Å². The number of nitrogens with one attached hydrogen (secondary N) is 1. The Morgan fingerprint density at radius 1 is 1.11 bits per heavy atom. The predicted molar refractivity (Wildman–Crippen MR) is 113 cm³/mol. The molecule has 27 heavy (non-hydrogen) atoms. The van der Waals surface area contributed by atoms with E-state index in [2.05, 4.69) is 62.3 Å². The zero-order chi connectivity index (χ0) is 18.9. The third kappa shape index (κ3) is 6.48. The second-order valence-corrected chi connectivity index (χ2v) is 7.68. The molecule has 1 atom stereocenters. The molecule has 1 aromatic carbocycles. The van der Waals surface area contributed by atoms with Gasteiger partial charge in [0.25, 0.3) is 0 Å². The summed E-state index contributed by atoms with van der Waals surface area (Å²) in [5.41, 5.74) is 7.46. The molecule has 0 bridgehead atoms. The lowest BCUT2D eigenvalue weighted by molar-refractivity contribution is 0.129. The van der Waals surface area contributed by atoms with Gasteiger partial charge in [-0.2, -0.15) is 0 Å². The molecule has 3 rings (SSSR count). The van der Waals surface area contributed by atoms with Crippen molar-refractivity contribution in [2.45, 2.75) is 32.4 Å². The molecule has 6 heteroatoms. The largest absolute Gasteiger partial charge is 0.370 e. The fraction of sp³-hybridized carbons (Fsp3) is 0.667. The van der Waals surface area contributed by atoms with Gasteiger partial charge in [-0.15, -0.1) is 0 Å². The van der Waals surface area contributed by atoms with E-state index in [9.17, 15) is 0 Å². The molecule has 0 spiro atoms. The van der Waals surface area contributed by atoms with Crippen LogP contribution in [-0.4, -0.2) is 85.6 Å². The van der Waals surface area contributed by atoms with E-state index in [1.807, 2.05) is 0 Å². The van der Waals surface area contributed by atoms with Crippen molar-refractivity contribution in [3.8, 4) is 0 Å². The van der Waals surface area contributed by atoms with Crippen molar-refractivity contribution in [2.75, 3.05) is 58.9 Å². The highest BCUT2D eigenvalue weighted by Crippen LogP contribution is 2.16. The van der Waals surface area contributed by atoms with Gasteiger partial charge >= 0.3 is 0 Å². The summed E-state index contributed by atoms with van der Waals surface area (Å²) in [4.78, 5) is 12.1. The SMILES string of the molecule is CCN1CCCC1CN=C(N)NCCN1CCN(Cc2ccccc2)CC1. The highest BCUT2D eigenvalue weighted by Gasteiger charge is 2.22. The summed E-state index contributed by atoms with van der Waals surface area (Å²) in [6, 6.07) is 11.3. The summed E-state index contributed by atoms with van der Waals surface area (Å²) in [5.74, 6) is 0.598. The molecule has 0 saturated carbocycles. The van der Waals surface area contributed by atoms with Gasteiger partial charge < -0.3 is 11.1 Å². The lowest BCUT2D eigenvalue weighted by Gasteiger charge is -2.34. The van der Waals surface area contributed by atoms with Crippen LogP contribution in [0.15, 0.2) is 35.3 Å². The van der Waals surface area contributed by atoms with Crippen LogP contribution in [0, 0.1) is 0 Å². The molecule has 2 saturated heterocycles. The summed E-state index contributed by atoms with van der Waals surface area (Å²) in [5, 5.41) is 3.29. The lowest BCUT2D eigenvalue weighted by Crippen LogP contribution is -2.48. The molecule has 0 aliphatic carbocycles. The highest BCUT2D eigenvalue weighted by molar-refractivity contribution is 5.77. The minimum absolute atomic E-state index is 0.577. The molecular weight excluding hydrogens is 336 g/mol. The molecule has 3 N–H and O–H groups in total. The van der Waals surface area contributed by atoms with Crippen LogP contribution in [0.2, 0.25) is 0 Å². The maximum atomic E-state index is 6.06. The van der Waals surface area contributed by atoms with E-state index in [-0.39, 0.29) is 0 Å². The predicted octanol–water partition coefficient (Wildman–Crippen LogP) is 1.19. The Labute approximate surface area is 164 Å². The van der Waals surface area contributed by atoms with E-state index in [4.69, 9.17) is 5.73 Å². The topological polar surface area (TPSA) is 60.1 Å². The fourth-order valence-electron chi connectivity index (χ4n) is 4.13. The van der Waals surface area contributed by atoms with Crippen LogP contribution < -0.4 is 11.1 Å². The van der Waals surface area contributed by atoms with Gasteiger partial charge in [0.15, 0.2) is 5.96 Å². The fourth-order valence-corrected chi connectivity index (χ4v) is 4.13. The number of likely N-dealkylation sites (N-methyl/N-ethyl adjacent to an activating group) is 1. The number of rotatable bonds is 8. The van der Waals surface area contributed by atoms with Crippen molar-refractivity contribution >= 4 is 5.96 Å². The van der Waals surface area contributed by atoms with E-state index in [1.165, 1.54) is 24.9 Å². The van der Waals surface area contributed by atoms with Gasteiger partial charge in [0.1, 0.15) is 0 Å². The second-order valence-electron chi connectivity index (χ2n) is 7.68. The van der Waals surface area contributed by atoms with Crippen molar-refractivity contribution in [1.82, 2.24) is 20.0 Å². The van der Waals surface area contributed by atoms with Gasteiger partial charge in [-0.05, 0) is 31.5 Å². The normalized spacial score (nSPS) is 23.0. The molecule has 2 aliphatic heterocycles. The van der Waals surface area contributed by atoms with Crippen LogP contribution in [0.25, 0.3) is 0 Å². The average Bonchev–Trinajstić information content (AvgIpc) is 3.16. The smallest absolute Gasteiger partial charge is 0.188 e. The standard InChI is InChI=1S/C21H36N6/c1-2-27-11-6-9-20(27)17-24-21(22)23-10-12-25-13-15-26(16-14-25)18-19-7-4-3-5-8-19/h3-5,7-8,20H,2,6,9-18H2,1H3,(H3,22,23,24). The van der Waals surface area contributed by atoms with Crippen molar-refractivity contribution in [3.05, 3.63) is 35.9 Å². The highest BCUT2D eigenvalue weighted by atomic mass is 15.3. The molecule has 0 amide bonds. The van der Waals surface area contributed by atoms with Gasteiger partial charge in [0.05, 0.1) is 6.54 Å². The molecule has 2 aliphatic rings. The Morgan fingerprint density at radius 3 is 2.59 bits per heavy atom. The van der Waals surface area contributed by atoms with Gasteiger partial charge in [-0.3, -0.25) is 19.7 Å². The van der Waals surface area contributed by atoms with Crippen LogP contribution in [-0.2, 0) is 6.54 Å². The van der Waals surface area contributed by atoms with Gasteiger partial charge in [0.2, 0.25) is 0 Å². The lowest BCUT2D eigenvalue weighted by atomic mass is 10.2. The first kappa shape index (κ1) is 20.1. The van der Waals surface area contributed by atoms with Crippen molar-refractivity contribution in [1.29, 1.82) is 0 Å². The molecule has 6 nitrogen and oxygen atoms in total. The van der Waals surface area contributed by atoms with E-state index >= 15 is 0 Å². The number of aliphatic imine (C=N–C) groups is 1. The monoisotopic (exact) mass is 372 g/mol. The molecule has 0 aromatic heterocycles. The zero-order valence-electron chi connectivity index (χ0n) is 16.8. The molecule has 2 heterocycles. The Bertz CT molecular complexity index is 567. The van der Waals surface area contributed by atoms with Gasteiger partial charge in [0, 0.05) is 51.9 Å². The van der Waals surface area contributed by atoms with Crippen molar-refractivity contribution < 1.29 is 0 Å². The zero-order valence-corrected chi connectivity index (χ0v) is 16.8. The van der Waals surface area contributed by atoms with E-state index in [1.54, 1.807) is 0 Å². The van der Waals surface area contributed by atoms with Crippen LogP contribution in [0.1, 0.15) is 25.3 Å². The Hall–Kier alpha value is -1.63. The van der Waals surface area contributed by atoms with E-state index < -0.39 is 0 Å². The first-order valence-corrected chi connectivity index (χ1v) is 10.5. The first-order valence-electron chi connectivity index (χ1n) is 10.5.